The fourth-order valence-corrected chi connectivity index (χ4v) is 4.41. The van der Waals surface area contributed by atoms with Gasteiger partial charge < -0.3 is 10.4 Å². The van der Waals surface area contributed by atoms with Crippen LogP contribution in [0, 0.1) is 11.8 Å². The summed E-state index contributed by atoms with van der Waals surface area (Å²) in [5.41, 5.74) is 1.96. The van der Waals surface area contributed by atoms with E-state index in [1.165, 1.54) is 0 Å². The SMILES string of the molecule is O=C(NCc1ccccc1)[C@@H]1CN2CC[C@H]1C[C@@H]2Cn1cc(CCO)nn1. The Morgan fingerprint density at radius 1 is 1.30 bits per heavy atom. The minimum atomic E-state index is 0.0828. The molecule has 7 heteroatoms. The monoisotopic (exact) mass is 369 g/mol. The third-order valence-electron chi connectivity index (χ3n) is 5.88. The van der Waals surface area contributed by atoms with Gasteiger partial charge in [0.05, 0.1) is 18.2 Å². The van der Waals surface area contributed by atoms with Gasteiger partial charge >= 0.3 is 0 Å². The molecular weight excluding hydrogens is 342 g/mol. The number of fused-ring (bicyclic) bond motifs is 3. The maximum absolute atomic E-state index is 12.7. The highest BCUT2D eigenvalue weighted by Crippen LogP contribution is 2.36. The van der Waals surface area contributed by atoms with Crippen LogP contribution in [0.4, 0.5) is 0 Å². The van der Waals surface area contributed by atoms with Crippen LogP contribution >= 0.6 is 0 Å². The van der Waals surface area contributed by atoms with Gasteiger partial charge in [0.15, 0.2) is 0 Å². The third-order valence-corrected chi connectivity index (χ3v) is 5.88. The number of aliphatic hydroxyl groups excluding tert-OH is 1. The summed E-state index contributed by atoms with van der Waals surface area (Å²) in [4.78, 5) is 15.1. The second-order valence-corrected chi connectivity index (χ2v) is 7.65. The molecule has 1 aromatic carbocycles. The predicted molar refractivity (Wildman–Crippen MR) is 101 cm³/mol. The van der Waals surface area contributed by atoms with Crippen molar-refractivity contribution in [2.24, 2.45) is 11.8 Å². The molecule has 1 unspecified atom stereocenters. The van der Waals surface area contributed by atoms with Gasteiger partial charge in [0.1, 0.15) is 0 Å². The van der Waals surface area contributed by atoms with Crippen molar-refractivity contribution in [1.82, 2.24) is 25.2 Å². The molecule has 1 aromatic heterocycles. The standard InChI is InChI=1S/C20H27N5O2/c26-9-7-17-12-25(23-22-17)13-18-10-16-6-8-24(18)14-19(16)20(27)21-11-15-4-2-1-3-5-15/h1-5,12,16,18-19,26H,6-11,13-14H2,(H,21,27)/t16-,18+,19+/m0/s1. The lowest BCUT2D eigenvalue weighted by molar-refractivity contribution is -0.133. The van der Waals surface area contributed by atoms with Crippen LogP contribution in [0.1, 0.15) is 24.1 Å². The largest absolute Gasteiger partial charge is 0.396 e. The zero-order chi connectivity index (χ0) is 18.6. The third kappa shape index (κ3) is 4.20. The van der Waals surface area contributed by atoms with Crippen molar-refractivity contribution in [2.45, 2.75) is 38.4 Å². The Morgan fingerprint density at radius 2 is 2.15 bits per heavy atom. The molecular formula is C20H27N5O2. The van der Waals surface area contributed by atoms with E-state index in [1.807, 2.05) is 41.2 Å². The average molecular weight is 369 g/mol. The number of carbonyl (C=O) groups excluding carboxylic acids is 1. The minimum absolute atomic E-state index is 0.0828. The maximum atomic E-state index is 12.7. The Bertz CT molecular complexity index is 763. The fourth-order valence-electron chi connectivity index (χ4n) is 4.41. The Labute approximate surface area is 159 Å². The molecule has 4 heterocycles. The first-order valence-corrected chi connectivity index (χ1v) is 9.78. The molecule has 1 amide bonds. The van der Waals surface area contributed by atoms with Gasteiger partial charge in [0.25, 0.3) is 0 Å². The minimum Gasteiger partial charge on any atom is -0.396 e. The topological polar surface area (TPSA) is 83.3 Å². The summed E-state index contributed by atoms with van der Waals surface area (Å²) in [5.74, 6) is 0.702. The van der Waals surface area contributed by atoms with Crippen molar-refractivity contribution in [1.29, 1.82) is 0 Å². The number of aliphatic hydroxyl groups is 1. The molecule has 0 aliphatic carbocycles. The Balaban J connectivity index is 1.32. The lowest BCUT2D eigenvalue weighted by Crippen LogP contribution is -2.58. The van der Waals surface area contributed by atoms with Crippen molar-refractivity contribution >= 4 is 5.91 Å². The number of amides is 1. The van der Waals surface area contributed by atoms with Crippen LogP contribution < -0.4 is 5.32 Å². The van der Waals surface area contributed by atoms with E-state index in [1.54, 1.807) is 0 Å². The van der Waals surface area contributed by atoms with Crippen molar-refractivity contribution in [3.05, 3.63) is 47.8 Å². The summed E-state index contributed by atoms with van der Waals surface area (Å²) in [6.07, 6.45) is 4.58. The van der Waals surface area contributed by atoms with Crippen LogP contribution in [-0.2, 0) is 24.3 Å². The average Bonchev–Trinajstić information content (AvgIpc) is 3.14. The van der Waals surface area contributed by atoms with E-state index in [-0.39, 0.29) is 18.4 Å². The van der Waals surface area contributed by atoms with Gasteiger partial charge in [0.2, 0.25) is 5.91 Å². The van der Waals surface area contributed by atoms with E-state index < -0.39 is 0 Å². The van der Waals surface area contributed by atoms with Crippen LogP contribution in [0.15, 0.2) is 36.5 Å². The van der Waals surface area contributed by atoms with E-state index in [0.717, 1.165) is 43.7 Å². The van der Waals surface area contributed by atoms with Gasteiger partial charge in [-0.2, -0.15) is 0 Å². The molecule has 0 radical (unpaired) electrons. The first-order chi connectivity index (χ1) is 13.2. The Hall–Kier alpha value is -2.25. The highest BCUT2D eigenvalue weighted by atomic mass is 16.3. The number of aromatic nitrogens is 3. The fraction of sp³-hybridized carbons (Fsp3) is 0.550. The highest BCUT2D eigenvalue weighted by molar-refractivity contribution is 5.79. The van der Waals surface area contributed by atoms with Gasteiger partial charge in [-0.3, -0.25) is 14.4 Å². The van der Waals surface area contributed by atoms with Crippen LogP contribution in [0.5, 0.6) is 0 Å². The van der Waals surface area contributed by atoms with Crippen molar-refractivity contribution in [3.63, 3.8) is 0 Å². The molecule has 3 aliphatic heterocycles. The van der Waals surface area contributed by atoms with Gasteiger partial charge in [-0.15, -0.1) is 5.10 Å². The van der Waals surface area contributed by atoms with Gasteiger partial charge in [-0.25, -0.2) is 0 Å². The summed E-state index contributed by atoms with van der Waals surface area (Å²) >= 11 is 0. The number of benzene rings is 1. The highest BCUT2D eigenvalue weighted by Gasteiger charge is 2.43. The molecule has 3 fully saturated rings. The zero-order valence-corrected chi connectivity index (χ0v) is 15.5. The van der Waals surface area contributed by atoms with Gasteiger partial charge in [-0.05, 0) is 30.9 Å². The van der Waals surface area contributed by atoms with E-state index >= 15 is 0 Å². The van der Waals surface area contributed by atoms with Crippen LogP contribution in [-0.4, -0.2) is 56.6 Å². The Morgan fingerprint density at radius 3 is 2.89 bits per heavy atom. The lowest BCUT2D eigenvalue weighted by atomic mass is 9.75. The molecule has 27 heavy (non-hydrogen) atoms. The molecule has 5 rings (SSSR count). The second-order valence-electron chi connectivity index (χ2n) is 7.65. The van der Waals surface area contributed by atoms with Crippen LogP contribution in [0.3, 0.4) is 0 Å². The predicted octanol–water partition coefficient (Wildman–Crippen LogP) is 0.840. The van der Waals surface area contributed by atoms with Crippen molar-refractivity contribution in [3.8, 4) is 0 Å². The molecule has 7 nitrogen and oxygen atoms in total. The number of piperidine rings is 3. The molecule has 0 saturated carbocycles. The molecule has 2 aromatic rings. The van der Waals surface area contributed by atoms with Crippen molar-refractivity contribution < 1.29 is 9.90 Å². The van der Waals surface area contributed by atoms with E-state index in [2.05, 4.69) is 20.5 Å². The molecule has 3 saturated heterocycles. The smallest absolute Gasteiger partial charge is 0.224 e. The molecule has 2 N–H and O–H groups in total. The van der Waals surface area contributed by atoms with Crippen LogP contribution in [0.25, 0.3) is 0 Å². The zero-order valence-electron chi connectivity index (χ0n) is 15.5. The molecule has 144 valence electrons. The lowest BCUT2D eigenvalue weighted by Gasteiger charge is -2.49. The van der Waals surface area contributed by atoms with Gasteiger partial charge in [-0.1, -0.05) is 35.5 Å². The van der Waals surface area contributed by atoms with E-state index in [9.17, 15) is 4.79 Å². The molecule has 0 spiro atoms. The van der Waals surface area contributed by atoms with E-state index in [4.69, 9.17) is 5.11 Å². The van der Waals surface area contributed by atoms with E-state index in [0.29, 0.717) is 24.9 Å². The van der Waals surface area contributed by atoms with Crippen LogP contribution in [0.2, 0.25) is 0 Å². The number of carbonyl (C=O) groups is 1. The van der Waals surface area contributed by atoms with Gasteiger partial charge in [0, 0.05) is 38.4 Å². The second kappa shape index (κ2) is 8.19. The first kappa shape index (κ1) is 18.1. The molecule has 3 aliphatic rings. The number of hydrogen-bond acceptors (Lipinski definition) is 5. The quantitative estimate of drug-likeness (QED) is 0.756. The maximum Gasteiger partial charge on any atom is 0.224 e. The summed E-state index contributed by atoms with van der Waals surface area (Å²) in [5, 5.41) is 20.4. The van der Waals surface area contributed by atoms with Crippen molar-refractivity contribution in [2.75, 3.05) is 19.7 Å². The molecule has 2 bridgehead atoms. The number of nitrogens with zero attached hydrogens (tertiary/aromatic N) is 4. The summed E-state index contributed by atoms with van der Waals surface area (Å²) in [6, 6.07) is 10.5. The summed E-state index contributed by atoms with van der Waals surface area (Å²) in [6.45, 7) is 3.37. The summed E-state index contributed by atoms with van der Waals surface area (Å²) in [7, 11) is 0. The normalized spacial score (nSPS) is 26.9. The number of nitrogens with one attached hydrogen (secondary N) is 1. The Kier molecular flexibility index (Phi) is 5.50. The number of rotatable bonds is 7. The molecule has 4 atom stereocenters. The summed E-state index contributed by atoms with van der Waals surface area (Å²) < 4.78 is 1.88. The first-order valence-electron chi connectivity index (χ1n) is 9.78. The number of hydrogen-bond donors (Lipinski definition) is 2.